The van der Waals surface area contributed by atoms with E-state index in [0.717, 1.165) is 0 Å². The Bertz CT molecular complexity index is 541. The SMILES string of the molecule is Cc1ccc([C@H](N)c2ncccc2F)cc1F. The molecule has 88 valence electrons. The average Bonchev–Trinajstić information content (AvgIpc) is 2.32. The summed E-state index contributed by atoms with van der Waals surface area (Å²) in [6.07, 6.45) is 1.46. The van der Waals surface area contributed by atoms with E-state index in [0.29, 0.717) is 11.1 Å². The summed E-state index contributed by atoms with van der Waals surface area (Å²) in [4.78, 5) is 3.88. The highest BCUT2D eigenvalue weighted by atomic mass is 19.1. The summed E-state index contributed by atoms with van der Waals surface area (Å²) in [5.74, 6) is -0.838. The zero-order valence-corrected chi connectivity index (χ0v) is 9.32. The summed E-state index contributed by atoms with van der Waals surface area (Å²) in [6, 6.07) is 6.62. The van der Waals surface area contributed by atoms with Crippen LogP contribution in [0.15, 0.2) is 36.5 Å². The highest BCUT2D eigenvalue weighted by Gasteiger charge is 2.15. The van der Waals surface area contributed by atoms with E-state index in [-0.39, 0.29) is 11.5 Å². The van der Waals surface area contributed by atoms with Crippen LogP contribution in [0.4, 0.5) is 8.78 Å². The molecule has 2 nitrogen and oxygen atoms in total. The Kier molecular flexibility index (Phi) is 3.15. The van der Waals surface area contributed by atoms with Gasteiger partial charge in [-0.25, -0.2) is 8.78 Å². The van der Waals surface area contributed by atoms with Crippen LogP contribution in [-0.4, -0.2) is 4.98 Å². The maximum atomic E-state index is 13.5. The summed E-state index contributed by atoms with van der Waals surface area (Å²) in [5.41, 5.74) is 7.02. The maximum absolute atomic E-state index is 13.5. The molecule has 1 aromatic heterocycles. The van der Waals surface area contributed by atoms with Crippen molar-refractivity contribution in [2.24, 2.45) is 5.73 Å². The second-order valence-corrected chi connectivity index (χ2v) is 3.86. The van der Waals surface area contributed by atoms with Gasteiger partial charge in [-0.05, 0) is 36.2 Å². The minimum atomic E-state index is -0.758. The van der Waals surface area contributed by atoms with E-state index < -0.39 is 11.9 Å². The molecule has 1 aromatic carbocycles. The van der Waals surface area contributed by atoms with Gasteiger partial charge in [-0.3, -0.25) is 4.98 Å². The lowest BCUT2D eigenvalue weighted by Gasteiger charge is -2.12. The number of nitrogens with two attached hydrogens (primary N) is 1. The van der Waals surface area contributed by atoms with E-state index in [9.17, 15) is 8.78 Å². The molecule has 2 rings (SSSR count). The van der Waals surface area contributed by atoms with E-state index in [1.165, 1.54) is 24.4 Å². The van der Waals surface area contributed by atoms with E-state index in [2.05, 4.69) is 4.98 Å². The first-order valence-corrected chi connectivity index (χ1v) is 5.21. The third-order valence-corrected chi connectivity index (χ3v) is 2.64. The second-order valence-electron chi connectivity index (χ2n) is 3.86. The number of aromatic nitrogens is 1. The molecule has 0 saturated carbocycles. The minimum Gasteiger partial charge on any atom is -0.319 e. The van der Waals surface area contributed by atoms with Gasteiger partial charge in [0.2, 0.25) is 0 Å². The molecule has 0 amide bonds. The fourth-order valence-electron chi connectivity index (χ4n) is 1.59. The summed E-state index contributed by atoms with van der Waals surface area (Å²) < 4.78 is 26.9. The van der Waals surface area contributed by atoms with Crippen LogP contribution in [-0.2, 0) is 0 Å². The van der Waals surface area contributed by atoms with Crippen molar-refractivity contribution in [2.75, 3.05) is 0 Å². The number of rotatable bonds is 2. The number of hydrogen-bond donors (Lipinski definition) is 1. The van der Waals surface area contributed by atoms with Crippen LogP contribution < -0.4 is 5.73 Å². The molecule has 0 aliphatic carbocycles. The molecule has 0 aliphatic heterocycles. The molecule has 1 heterocycles. The molecule has 0 unspecified atom stereocenters. The van der Waals surface area contributed by atoms with Crippen LogP contribution >= 0.6 is 0 Å². The number of pyridine rings is 1. The van der Waals surface area contributed by atoms with Crippen LogP contribution in [0.1, 0.15) is 22.9 Å². The quantitative estimate of drug-likeness (QED) is 0.867. The van der Waals surface area contributed by atoms with Crippen molar-refractivity contribution in [1.82, 2.24) is 4.98 Å². The molecule has 0 saturated heterocycles. The third-order valence-electron chi connectivity index (χ3n) is 2.64. The molecule has 0 radical (unpaired) electrons. The molecule has 2 N–H and O–H groups in total. The van der Waals surface area contributed by atoms with Crippen molar-refractivity contribution in [1.29, 1.82) is 0 Å². The molecule has 17 heavy (non-hydrogen) atoms. The molecule has 1 atom stereocenters. The Labute approximate surface area is 98.1 Å². The van der Waals surface area contributed by atoms with Gasteiger partial charge in [0, 0.05) is 6.20 Å². The van der Waals surface area contributed by atoms with Gasteiger partial charge in [0.05, 0.1) is 11.7 Å². The van der Waals surface area contributed by atoms with Crippen LogP contribution in [0.5, 0.6) is 0 Å². The fourth-order valence-corrected chi connectivity index (χ4v) is 1.59. The second kappa shape index (κ2) is 4.59. The highest BCUT2D eigenvalue weighted by molar-refractivity contribution is 5.31. The Morgan fingerprint density at radius 1 is 1.18 bits per heavy atom. The molecule has 0 fully saturated rings. The number of aryl methyl sites for hydroxylation is 1. The molecular weight excluding hydrogens is 222 g/mol. The highest BCUT2D eigenvalue weighted by Crippen LogP contribution is 2.21. The van der Waals surface area contributed by atoms with E-state index in [4.69, 9.17) is 5.73 Å². The first kappa shape index (κ1) is 11.7. The van der Waals surface area contributed by atoms with E-state index >= 15 is 0 Å². The zero-order valence-electron chi connectivity index (χ0n) is 9.32. The topological polar surface area (TPSA) is 38.9 Å². The van der Waals surface area contributed by atoms with Crippen LogP contribution in [0.2, 0.25) is 0 Å². The van der Waals surface area contributed by atoms with E-state index in [1.54, 1.807) is 19.1 Å². The Balaban J connectivity index is 2.40. The largest absolute Gasteiger partial charge is 0.319 e. The molecule has 0 spiro atoms. The first-order chi connectivity index (χ1) is 8.09. The standard InChI is InChI=1S/C13H12F2N2/c1-8-4-5-9(7-11(8)15)12(16)13-10(14)3-2-6-17-13/h2-7,12H,16H2,1H3/t12-/m0/s1. The van der Waals surface area contributed by atoms with Crippen molar-refractivity contribution in [3.8, 4) is 0 Å². The Morgan fingerprint density at radius 2 is 1.94 bits per heavy atom. The smallest absolute Gasteiger partial charge is 0.146 e. The molecule has 0 aliphatic rings. The normalized spacial score (nSPS) is 12.5. The number of nitrogens with zero attached hydrogens (tertiary/aromatic N) is 1. The van der Waals surface area contributed by atoms with Crippen LogP contribution in [0.25, 0.3) is 0 Å². The molecule has 2 aromatic rings. The van der Waals surface area contributed by atoms with Crippen molar-refractivity contribution in [3.05, 3.63) is 65.0 Å². The van der Waals surface area contributed by atoms with Crippen molar-refractivity contribution >= 4 is 0 Å². The van der Waals surface area contributed by atoms with Gasteiger partial charge in [0.15, 0.2) is 0 Å². The number of halogens is 2. The van der Waals surface area contributed by atoms with Gasteiger partial charge in [-0.2, -0.15) is 0 Å². The third kappa shape index (κ3) is 2.31. The van der Waals surface area contributed by atoms with Crippen molar-refractivity contribution < 1.29 is 8.78 Å². The minimum absolute atomic E-state index is 0.121. The maximum Gasteiger partial charge on any atom is 0.146 e. The first-order valence-electron chi connectivity index (χ1n) is 5.21. The summed E-state index contributed by atoms with van der Waals surface area (Å²) in [5, 5.41) is 0. The van der Waals surface area contributed by atoms with Gasteiger partial charge in [0.1, 0.15) is 11.6 Å². The van der Waals surface area contributed by atoms with E-state index in [1.807, 2.05) is 0 Å². The lowest BCUT2D eigenvalue weighted by molar-refractivity contribution is 0.582. The lowest BCUT2D eigenvalue weighted by Crippen LogP contribution is -2.15. The zero-order chi connectivity index (χ0) is 12.4. The summed E-state index contributed by atoms with van der Waals surface area (Å²) in [6.45, 7) is 1.66. The summed E-state index contributed by atoms with van der Waals surface area (Å²) >= 11 is 0. The predicted molar refractivity (Wildman–Crippen MR) is 61.4 cm³/mol. The lowest BCUT2D eigenvalue weighted by atomic mass is 10.0. The Morgan fingerprint density at radius 3 is 2.59 bits per heavy atom. The fraction of sp³-hybridized carbons (Fsp3) is 0.154. The van der Waals surface area contributed by atoms with Gasteiger partial charge in [-0.15, -0.1) is 0 Å². The van der Waals surface area contributed by atoms with Gasteiger partial charge in [-0.1, -0.05) is 12.1 Å². The molecular formula is C13H12F2N2. The molecule has 0 bridgehead atoms. The number of hydrogen-bond acceptors (Lipinski definition) is 2. The van der Waals surface area contributed by atoms with Gasteiger partial charge in [0.25, 0.3) is 0 Å². The average molecular weight is 234 g/mol. The van der Waals surface area contributed by atoms with Crippen LogP contribution in [0.3, 0.4) is 0 Å². The Hall–Kier alpha value is -1.81. The van der Waals surface area contributed by atoms with Crippen molar-refractivity contribution in [2.45, 2.75) is 13.0 Å². The summed E-state index contributed by atoms with van der Waals surface area (Å²) in [7, 11) is 0. The predicted octanol–water partition coefficient (Wildman–Crippen LogP) is 2.72. The monoisotopic (exact) mass is 234 g/mol. The van der Waals surface area contributed by atoms with Gasteiger partial charge >= 0.3 is 0 Å². The molecule has 4 heteroatoms. The van der Waals surface area contributed by atoms with Gasteiger partial charge < -0.3 is 5.73 Å². The number of benzene rings is 1. The van der Waals surface area contributed by atoms with Crippen LogP contribution in [0, 0.1) is 18.6 Å². The van der Waals surface area contributed by atoms with Crippen molar-refractivity contribution in [3.63, 3.8) is 0 Å².